The summed E-state index contributed by atoms with van der Waals surface area (Å²) in [5.74, 6) is 11.2. The summed E-state index contributed by atoms with van der Waals surface area (Å²) in [6.07, 6.45) is 0. The number of primary amides is 2. The summed E-state index contributed by atoms with van der Waals surface area (Å²) < 4.78 is 0. The van der Waals surface area contributed by atoms with Crippen LogP contribution in [0.15, 0.2) is 42.5 Å². The van der Waals surface area contributed by atoms with Gasteiger partial charge in [0, 0.05) is 10.8 Å². The number of urea groups is 2. The number of fused-ring (bicyclic) bond motifs is 2. The van der Waals surface area contributed by atoms with Crippen LogP contribution in [0.25, 0.3) is 21.8 Å². The van der Waals surface area contributed by atoms with E-state index in [2.05, 4.69) is 4.98 Å². The highest BCUT2D eigenvalue weighted by Crippen LogP contribution is 2.26. The normalized spacial score (nSPS) is 10.8. The number of benzene rings is 2. The van der Waals surface area contributed by atoms with Gasteiger partial charge in [-0.2, -0.15) is 0 Å². The lowest BCUT2D eigenvalue weighted by Gasteiger charge is -2.15. The molecule has 122 valence electrons. The largest absolute Gasteiger partial charge is 0.350 e. The van der Waals surface area contributed by atoms with Crippen molar-refractivity contribution in [2.45, 2.75) is 0 Å². The molecule has 0 spiro atoms. The van der Waals surface area contributed by atoms with Gasteiger partial charge < -0.3 is 11.5 Å². The van der Waals surface area contributed by atoms with Crippen LogP contribution in [0.5, 0.6) is 0 Å². The first-order valence-corrected chi connectivity index (χ1v) is 6.90. The number of carbonyl (C=O) groups is 2. The van der Waals surface area contributed by atoms with Gasteiger partial charge in [0.15, 0.2) is 0 Å². The minimum atomic E-state index is -0.780. The molecule has 4 amide bonds. The summed E-state index contributed by atoms with van der Waals surface area (Å²) in [6, 6.07) is 10.5. The van der Waals surface area contributed by atoms with Gasteiger partial charge in [-0.05, 0) is 30.3 Å². The topological polar surface area (TPSA) is 158 Å². The lowest BCUT2D eigenvalue weighted by molar-refractivity contribution is 0.253. The van der Waals surface area contributed by atoms with Crippen molar-refractivity contribution in [1.82, 2.24) is 4.98 Å². The second-order valence-electron chi connectivity index (χ2n) is 5.16. The third kappa shape index (κ3) is 2.64. The molecule has 24 heavy (non-hydrogen) atoms. The van der Waals surface area contributed by atoms with Crippen molar-refractivity contribution >= 4 is 45.2 Å². The average Bonchev–Trinajstić information content (AvgIpc) is 2.57. The highest BCUT2D eigenvalue weighted by Gasteiger charge is 2.11. The van der Waals surface area contributed by atoms with Gasteiger partial charge in [0.1, 0.15) is 0 Å². The lowest BCUT2D eigenvalue weighted by atomic mass is 10.1. The second kappa shape index (κ2) is 5.65. The Labute approximate surface area is 136 Å². The van der Waals surface area contributed by atoms with Crippen LogP contribution in [0.3, 0.4) is 0 Å². The molecule has 0 radical (unpaired) electrons. The first-order valence-electron chi connectivity index (χ1n) is 6.90. The van der Waals surface area contributed by atoms with E-state index in [-0.39, 0.29) is 0 Å². The molecule has 0 aliphatic carbocycles. The molecule has 2 aromatic carbocycles. The van der Waals surface area contributed by atoms with Crippen LogP contribution in [0, 0.1) is 0 Å². The molecule has 0 fully saturated rings. The summed E-state index contributed by atoms with van der Waals surface area (Å²) in [5, 5.41) is 3.38. The Kier molecular flexibility index (Phi) is 3.64. The Hall–Kier alpha value is -3.43. The maximum atomic E-state index is 11.2. The van der Waals surface area contributed by atoms with Gasteiger partial charge in [-0.15, -0.1) is 0 Å². The SMILES string of the molecule is NC(=O)N(N)c1ccc2cc3ccc(N(N)C(N)=O)cc3nc2c1. The van der Waals surface area contributed by atoms with E-state index < -0.39 is 12.1 Å². The molecular weight excluding hydrogens is 310 g/mol. The van der Waals surface area contributed by atoms with Gasteiger partial charge in [-0.1, -0.05) is 12.1 Å². The molecule has 0 aliphatic heterocycles. The summed E-state index contributed by atoms with van der Waals surface area (Å²) in [4.78, 5) is 26.9. The van der Waals surface area contributed by atoms with Crippen molar-refractivity contribution in [3.8, 4) is 0 Å². The molecular formula is C15H15N7O2. The number of hydrazine groups is 2. The van der Waals surface area contributed by atoms with E-state index in [9.17, 15) is 9.59 Å². The molecule has 1 aromatic heterocycles. The van der Waals surface area contributed by atoms with Gasteiger partial charge in [-0.3, -0.25) is 0 Å². The van der Waals surface area contributed by atoms with Crippen molar-refractivity contribution in [2.24, 2.45) is 23.2 Å². The number of rotatable bonds is 2. The molecule has 0 saturated carbocycles. The third-order valence-electron chi connectivity index (χ3n) is 3.61. The summed E-state index contributed by atoms with van der Waals surface area (Å²) in [6.45, 7) is 0. The van der Waals surface area contributed by atoms with Gasteiger partial charge in [0.05, 0.1) is 22.4 Å². The Morgan fingerprint density at radius 2 is 1.17 bits per heavy atom. The molecule has 3 rings (SSSR count). The number of amides is 4. The zero-order valence-electron chi connectivity index (χ0n) is 12.5. The molecule has 9 heteroatoms. The van der Waals surface area contributed by atoms with Gasteiger partial charge >= 0.3 is 12.1 Å². The Balaban J connectivity index is 2.15. The van der Waals surface area contributed by atoms with Crippen molar-refractivity contribution in [1.29, 1.82) is 0 Å². The zero-order chi connectivity index (χ0) is 17.4. The van der Waals surface area contributed by atoms with Crippen molar-refractivity contribution in [2.75, 3.05) is 10.0 Å². The van der Waals surface area contributed by atoms with Gasteiger partial charge in [0.25, 0.3) is 0 Å². The van der Waals surface area contributed by atoms with Crippen LogP contribution in [0.2, 0.25) is 0 Å². The molecule has 0 unspecified atom stereocenters. The highest BCUT2D eigenvalue weighted by molar-refractivity contribution is 5.98. The number of carbonyl (C=O) groups excluding carboxylic acids is 2. The predicted octanol–water partition coefficient (Wildman–Crippen LogP) is 0.906. The molecule has 0 bridgehead atoms. The number of anilines is 2. The minimum absolute atomic E-state index is 0.413. The van der Waals surface area contributed by atoms with Crippen molar-refractivity contribution in [3.05, 3.63) is 42.5 Å². The van der Waals surface area contributed by atoms with E-state index in [1.807, 2.05) is 6.07 Å². The highest BCUT2D eigenvalue weighted by atomic mass is 16.2. The fourth-order valence-electron chi connectivity index (χ4n) is 2.35. The second-order valence-corrected chi connectivity index (χ2v) is 5.16. The zero-order valence-corrected chi connectivity index (χ0v) is 12.5. The van der Waals surface area contributed by atoms with Gasteiger partial charge in [0.2, 0.25) is 0 Å². The first kappa shape index (κ1) is 15.5. The quantitative estimate of drug-likeness (QED) is 0.238. The maximum absolute atomic E-state index is 11.2. The number of nitrogens with two attached hydrogens (primary N) is 4. The number of aromatic nitrogens is 1. The lowest BCUT2D eigenvalue weighted by Crippen LogP contribution is -2.41. The van der Waals surface area contributed by atoms with Gasteiger partial charge in [-0.25, -0.2) is 36.3 Å². The fraction of sp³-hybridized carbons (Fsp3) is 0. The van der Waals surface area contributed by atoms with Crippen LogP contribution >= 0.6 is 0 Å². The van der Waals surface area contributed by atoms with E-state index in [0.29, 0.717) is 22.4 Å². The van der Waals surface area contributed by atoms with E-state index >= 15 is 0 Å². The van der Waals surface area contributed by atoms with E-state index in [0.717, 1.165) is 20.8 Å². The maximum Gasteiger partial charge on any atom is 0.333 e. The van der Waals surface area contributed by atoms with Crippen molar-refractivity contribution < 1.29 is 9.59 Å². The Morgan fingerprint density at radius 1 is 0.750 bits per heavy atom. The average molecular weight is 325 g/mol. The minimum Gasteiger partial charge on any atom is -0.350 e. The van der Waals surface area contributed by atoms with Crippen LogP contribution in [0.4, 0.5) is 21.0 Å². The number of pyridine rings is 1. The number of hydrogen-bond donors (Lipinski definition) is 4. The third-order valence-corrected chi connectivity index (χ3v) is 3.61. The van der Waals surface area contributed by atoms with E-state index in [4.69, 9.17) is 23.2 Å². The summed E-state index contributed by atoms with van der Waals surface area (Å²) in [7, 11) is 0. The van der Waals surface area contributed by atoms with E-state index in [1.54, 1.807) is 36.4 Å². The predicted molar refractivity (Wildman–Crippen MR) is 91.7 cm³/mol. The van der Waals surface area contributed by atoms with Crippen LogP contribution in [-0.4, -0.2) is 17.0 Å². The monoisotopic (exact) mass is 325 g/mol. The molecule has 0 saturated heterocycles. The number of hydrogen-bond acceptors (Lipinski definition) is 5. The standard InChI is InChI=1S/C15H15N7O2/c16-14(23)21(18)10-3-1-8-5-9-2-4-11(22(19)15(17)24)7-13(9)20-12(8)6-10/h1-7H,18-19H2,(H2,16,23)(H2,17,24). The van der Waals surface area contributed by atoms with Crippen molar-refractivity contribution in [3.63, 3.8) is 0 Å². The smallest absolute Gasteiger partial charge is 0.333 e. The molecule has 0 aliphatic rings. The molecule has 3 aromatic rings. The van der Waals surface area contributed by atoms with Crippen LogP contribution in [0.1, 0.15) is 0 Å². The Morgan fingerprint density at radius 3 is 1.54 bits per heavy atom. The van der Waals surface area contributed by atoms with Crippen LogP contribution in [-0.2, 0) is 0 Å². The molecule has 9 nitrogen and oxygen atoms in total. The number of nitrogens with zero attached hydrogens (tertiary/aromatic N) is 3. The summed E-state index contributed by atoms with van der Waals surface area (Å²) >= 11 is 0. The fourth-order valence-corrected chi connectivity index (χ4v) is 2.35. The molecule has 1 heterocycles. The Bertz CT molecular complexity index is 898. The first-order chi connectivity index (χ1) is 11.4. The van der Waals surface area contributed by atoms with Crippen LogP contribution < -0.4 is 33.2 Å². The molecule has 8 N–H and O–H groups in total. The van der Waals surface area contributed by atoms with E-state index in [1.165, 1.54) is 0 Å². The summed E-state index contributed by atoms with van der Waals surface area (Å²) in [5.41, 5.74) is 12.4. The molecule has 0 atom stereocenters.